The Morgan fingerprint density at radius 3 is 2.84 bits per heavy atom. The monoisotopic (exact) mass is 265 g/mol. The van der Waals surface area contributed by atoms with Gasteiger partial charge in [-0.2, -0.15) is 0 Å². The van der Waals surface area contributed by atoms with Crippen LogP contribution in [0.3, 0.4) is 0 Å². The lowest BCUT2D eigenvalue weighted by Gasteiger charge is -2.24. The van der Waals surface area contributed by atoms with Crippen molar-refractivity contribution < 1.29 is 4.74 Å². The Labute approximate surface area is 114 Å². The van der Waals surface area contributed by atoms with Crippen LogP contribution in [-0.2, 0) is 4.74 Å². The van der Waals surface area contributed by atoms with Crippen LogP contribution in [0, 0.1) is 0 Å². The van der Waals surface area contributed by atoms with E-state index in [1.807, 2.05) is 6.07 Å². The zero-order valence-electron chi connectivity index (χ0n) is 11.9. The molecule has 6 heteroatoms. The molecule has 1 unspecified atom stereocenters. The molecule has 6 nitrogen and oxygen atoms in total. The molecule has 1 saturated heterocycles. The van der Waals surface area contributed by atoms with Gasteiger partial charge in [0.2, 0.25) is 0 Å². The minimum absolute atomic E-state index is 0.0119. The van der Waals surface area contributed by atoms with E-state index in [9.17, 15) is 0 Å². The third-order valence-electron chi connectivity index (χ3n) is 2.69. The van der Waals surface area contributed by atoms with Crippen LogP contribution in [0.15, 0.2) is 12.4 Å². The topological polar surface area (TPSA) is 71.1 Å². The molecule has 0 aliphatic carbocycles. The Hall–Kier alpha value is -1.40. The first-order chi connectivity index (χ1) is 9.03. The van der Waals surface area contributed by atoms with E-state index in [0.717, 1.165) is 37.9 Å². The maximum absolute atomic E-state index is 5.63. The maximum Gasteiger partial charge on any atom is 0.131 e. The van der Waals surface area contributed by atoms with Crippen molar-refractivity contribution in [2.45, 2.75) is 32.4 Å². The molecule has 0 bridgehead atoms. The minimum atomic E-state index is -0.0119. The molecular weight excluding hydrogens is 242 g/mol. The van der Waals surface area contributed by atoms with Crippen LogP contribution < -0.4 is 16.0 Å². The van der Waals surface area contributed by atoms with E-state index in [1.54, 1.807) is 6.33 Å². The van der Waals surface area contributed by atoms with Gasteiger partial charge in [-0.25, -0.2) is 9.97 Å². The number of morpholine rings is 1. The van der Waals surface area contributed by atoms with Gasteiger partial charge in [-0.15, -0.1) is 0 Å². The molecule has 19 heavy (non-hydrogen) atoms. The van der Waals surface area contributed by atoms with Crippen LogP contribution >= 0.6 is 0 Å². The summed E-state index contributed by atoms with van der Waals surface area (Å²) in [4.78, 5) is 8.43. The van der Waals surface area contributed by atoms with Gasteiger partial charge in [-0.1, -0.05) is 0 Å². The average Bonchev–Trinajstić information content (AvgIpc) is 2.36. The number of nitrogens with zero attached hydrogens (tertiary/aromatic N) is 2. The zero-order valence-corrected chi connectivity index (χ0v) is 11.9. The summed E-state index contributed by atoms with van der Waals surface area (Å²) in [7, 11) is 0. The molecule has 2 rings (SSSR count). The third-order valence-corrected chi connectivity index (χ3v) is 2.69. The molecule has 0 aromatic carbocycles. The Balaban J connectivity index is 1.87. The number of aromatic nitrogens is 2. The largest absolute Gasteiger partial charge is 0.374 e. The number of anilines is 2. The van der Waals surface area contributed by atoms with E-state index in [0.29, 0.717) is 0 Å². The predicted octanol–water partition coefficient (Wildman–Crippen LogP) is 1.09. The van der Waals surface area contributed by atoms with Crippen molar-refractivity contribution in [3.05, 3.63) is 12.4 Å². The van der Waals surface area contributed by atoms with Gasteiger partial charge < -0.3 is 20.7 Å². The van der Waals surface area contributed by atoms with Gasteiger partial charge >= 0.3 is 0 Å². The van der Waals surface area contributed by atoms with Gasteiger partial charge in [-0.05, 0) is 20.8 Å². The molecule has 3 N–H and O–H groups in total. The highest BCUT2D eigenvalue weighted by molar-refractivity contribution is 5.47. The van der Waals surface area contributed by atoms with Crippen LogP contribution in [0.2, 0.25) is 0 Å². The second-order valence-electron chi connectivity index (χ2n) is 5.74. The molecule has 2 heterocycles. The summed E-state index contributed by atoms with van der Waals surface area (Å²) in [5.41, 5.74) is -0.0119. The van der Waals surface area contributed by atoms with E-state index in [2.05, 4.69) is 46.7 Å². The Morgan fingerprint density at radius 2 is 2.16 bits per heavy atom. The standard InChI is InChI=1S/C13H23N5O/c1-13(2,3)18-12-6-11(16-9-17-12)15-8-10-7-14-4-5-19-10/h6,9-10,14H,4-5,7-8H2,1-3H3,(H2,15,16,17,18). The summed E-state index contributed by atoms with van der Waals surface area (Å²) in [5, 5.41) is 9.91. The zero-order chi connectivity index (χ0) is 13.7. The molecule has 0 spiro atoms. The quantitative estimate of drug-likeness (QED) is 0.757. The van der Waals surface area contributed by atoms with Gasteiger partial charge in [0, 0.05) is 31.2 Å². The second-order valence-corrected chi connectivity index (χ2v) is 5.74. The Bertz CT molecular complexity index is 398. The molecule has 0 radical (unpaired) electrons. The maximum atomic E-state index is 5.63. The molecule has 0 saturated carbocycles. The van der Waals surface area contributed by atoms with Crippen LogP contribution in [0.5, 0.6) is 0 Å². The molecule has 1 aromatic rings. The number of hydrogen-bond donors (Lipinski definition) is 3. The second kappa shape index (κ2) is 6.16. The van der Waals surface area contributed by atoms with E-state index in [-0.39, 0.29) is 11.6 Å². The van der Waals surface area contributed by atoms with Gasteiger partial charge in [-0.3, -0.25) is 0 Å². The number of ether oxygens (including phenoxy) is 1. The smallest absolute Gasteiger partial charge is 0.131 e. The van der Waals surface area contributed by atoms with Gasteiger partial charge in [0.05, 0.1) is 12.7 Å². The average molecular weight is 265 g/mol. The highest BCUT2D eigenvalue weighted by Crippen LogP contribution is 2.14. The summed E-state index contributed by atoms with van der Waals surface area (Å²) in [6.45, 7) is 9.64. The molecule has 1 fully saturated rings. The van der Waals surface area contributed by atoms with Crippen molar-refractivity contribution in [1.29, 1.82) is 0 Å². The fourth-order valence-electron chi connectivity index (χ4n) is 1.88. The first kappa shape index (κ1) is 14.0. The summed E-state index contributed by atoms with van der Waals surface area (Å²) in [5.74, 6) is 1.64. The van der Waals surface area contributed by atoms with Crippen LogP contribution in [0.4, 0.5) is 11.6 Å². The predicted molar refractivity (Wildman–Crippen MR) is 76.5 cm³/mol. The molecule has 1 aliphatic heterocycles. The lowest BCUT2D eigenvalue weighted by molar-refractivity contribution is 0.0372. The number of hydrogen-bond acceptors (Lipinski definition) is 6. The van der Waals surface area contributed by atoms with Crippen molar-refractivity contribution in [2.24, 2.45) is 0 Å². The fraction of sp³-hybridized carbons (Fsp3) is 0.692. The highest BCUT2D eigenvalue weighted by atomic mass is 16.5. The van der Waals surface area contributed by atoms with E-state index < -0.39 is 0 Å². The van der Waals surface area contributed by atoms with Crippen LogP contribution in [0.1, 0.15) is 20.8 Å². The normalized spacial score (nSPS) is 20.1. The van der Waals surface area contributed by atoms with Crippen LogP contribution in [0.25, 0.3) is 0 Å². The number of nitrogens with one attached hydrogen (secondary N) is 3. The lowest BCUT2D eigenvalue weighted by Crippen LogP contribution is -2.42. The first-order valence-electron chi connectivity index (χ1n) is 6.69. The molecule has 1 aliphatic rings. The molecule has 106 valence electrons. The van der Waals surface area contributed by atoms with Crippen molar-refractivity contribution in [3.63, 3.8) is 0 Å². The summed E-state index contributed by atoms with van der Waals surface area (Å²) >= 11 is 0. The van der Waals surface area contributed by atoms with E-state index in [1.165, 1.54) is 0 Å². The summed E-state index contributed by atoms with van der Waals surface area (Å²) in [6, 6.07) is 1.92. The molecule has 0 amide bonds. The summed E-state index contributed by atoms with van der Waals surface area (Å²) < 4.78 is 5.63. The molecule has 1 atom stereocenters. The number of rotatable bonds is 4. The SMILES string of the molecule is CC(C)(C)Nc1cc(NCC2CNCCO2)ncn1. The lowest BCUT2D eigenvalue weighted by atomic mass is 10.1. The van der Waals surface area contributed by atoms with Gasteiger partial charge in [0.15, 0.2) is 0 Å². The Kier molecular flexibility index (Phi) is 4.55. The van der Waals surface area contributed by atoms with Crippen molar-refractivity contribution in [3.8, 4) is 0 Å². The van der Waals surface area contributed by atoms with Gasteiger partial charge in [0.1, 0.15) is 18.0 Å². The van der Waals surface area contributed by atoms with Crippen molar-refractivity contribution in [2.75, 3.05) is 36.9 Å². The van der Waals surface area contributed by atoms with Crippen LogP contribution in [-0.4, -0.2) is 47.9 Å². The third kappa shape index (κ3) is 5.00. The first-order valence-corrected chi connectivity index (χ1v) is 6.69. The molecule has 1 aromatic heterocycles. The fourth-order valence-corrected chi connectivity index (χ4v) is 1.88. The van der Waals surface area contributed by atoms with E-state index >= 15 is 0 Å². The van der Waals surface area contributed by atoms with E-state index in [4.69, 9.17) is 4.74 Å². The molecular formula is C13H23N5O. The Morgan fingerprint density at radius 1 is 1.37 bits per heavy atom. The minimum Gasteiger partial charge on any atom is -0.374 e. The summed E-state index contributed by atoms with van der Waals surface area (Å²) in [6.07, 6.45) is 1.76. The highest BCUT2D eigenvalue weighted by Gasteiger charge is 2.14. The van der Waals surface area contributed by atoms with Gasteiger partial charge in [0.25, 0.3) is 0 Å². The van der Waals surface area contributed by atoms with Crippen molar-refractivity contribution >= 4 is 11.6 Å². The van der Waals surface area contributed by atoms with Crippen molar-refractivity contribution in [1.82, 2.24) is 15.3 Å².